The molecular formula is C26H27N5O3S2. The molecule has 0 bridgehead atoms. The van der Waals surface area contributed by atoms with Gasteiger partial charge in [0, 0.05) is 16.9 Å². The molecule has 186 valence electrons. The van der Waals surface area contributed by atoms with E-state index < -0.39 is 10.0 Å². The van der Waals surface area contributed by atoms with E-state index in [0.29, 0.717) is 16.7 Å². The van der Waals surface area contributed by atoms with Crippen molar-refractivity contribution in [2.75, 3.05) is 11.1 Å². The van der Waals surface area contributed by atoms with Crippen molar-refractivity contribution in [3.8, 4) is 17.1 Å². The normalized spacial score (nSPS) is 11.9. The van der Waals surface area contributed by atoms with E-state index in [-0.39, 0.29) is 22.0 Å². The van der Waals surface area contributed by atoms with Gasteiger partial charge in [0.05, 0.1) is 10.6 Å². The molecule has 0 fully saturated rings. The van der Waals surface area contributed by atoms with Crippen LogP contribution in [0.25, 0.3) is 17.1 Å². The van der Waals surface area contributed by atoms with Crippen LogP contribution in [0.4, 0.5) is 5.69 Å². The van der Waals surface area contributed by atoms with Crippen LogP contribution in [0.2, 0.25) is 0 Å². The fourth-order valence-electron chi connectivity index (χ4n) is 3.53. The molecule has 1 amide bonds. The number of aromatic nitrogens is 3. The molecule has 0 aliphatic rings. The maximum Gasteiger partial charge on any atom is 0.238 e. The number of sulfonamides is 1. The van der Waals surface area contributed by atoms with Gasteiger partial charge in [0.15, 0.2) is 11.0 Å². The zero-order valence-electron chi connectivity index (χ0n) is 20.2. The predicted molar refractivity (Wildman–Crippen MR) is 143 cm³/mol. The highest BCUT2D eigenvalue weighted by molar-refractivity contribution is 7.99. The van der Waals surface area contributed by atoms with E-state index in [9.17, 15) is 13.2 Å². The lowest BCUT2D eigenvalue weighted by molar-refractivity contribution is -0.113. The first-order valence-corrected chi connectivity index (χ1v) is 13.7. The second-order valence-corrected chi connectivity index (χ2v) is 11.7. The summed E-state index contributed by atoms with van der Waals surface area (Å²) in [6.45, 7) is 6.51. The first-order valence-electron chi connectivity index (χ1n) is 11.2. The van der Waals surface area contributed by atoms with Gasteiger partial charge in [-0.1, -0.05) is 75.0 Å². The van der Waals surface area contributed by atoms with E-state index in [0.717, 1.165) is 11.3 Å². The summed E-state index contributed by atoms with van der Waals surface area (Å²) in [6, 6.07) is 23.7. The third kappa shape index (κ3) is 6.01. The minimum absolute atomic E-state index is 0.0195. The first-order chi connectivity index (χ1) is 17.0. The van der Waals surface area contributed by atoms with Crippen LogP contribution < -0.4 is 10.5 Å². The smallest absolute Gasteiger partial charge is 0.238 e. The molecule has 1 heterocycles. The fraction of sp³-hybridized carbons (Fsp3) is 0.192. The Morgan fingerprint density at radius 3 is 2.17 bits per heavy atom. The lowest BCUT2D eigenvalue weighted by atomic mass is 9.87. The zero-order chi connectivity index (χ0) is 25.9. The SMILES string of the molecule is CC(C)(C)c1ccc(-c2nnc(SCC(=O)Nc3ccc(S(N)(=O)=O)cc3)n2-c2ccccc2)cc1. The van der Waals surface area contributed by atoms with Crippen molar-refractivity contribution in [1.29, 1.82) is 0 Å². The average molecular weight is 522 g/mol. The van der Waals surface area contributed by atoms with Gasteiger partial charge in [0.2, 0.25) is 15.9 Å². The molecule has 0 unspecified atom stereocenters. The molecule has 0 atom stereocenters. The minimum atomic E-state index is -3.79. The maximum absolute atomic E-state index is 12.6. The van der Waals surface area contributed by atoms with Crippen molar-refractivity contribution in [3.63, 3.8) is 0 Å². The summed E-state index contributed by atoms with van der Waals surface area (Å²) >= 11 is 1.26. The van der Waals surface area contributed by atoms with Gasteiger partial charge in [-0.2, -0.15) is 0 Å². The van der Waals surface area contributed by atoms with Crippen LogP contribution in [0, 0.1) is 0 Å². The Morgan fingerprint density at radius 2 is 1.58 bits per heavy atom. The summed E-state index contributed by atoms with van der Waals surface area (Å²) < 4.78 is 24.8. The molecule has 0 radical (unpaired) electrons. The Labute approximate surface area is 215 Å². The Hall–Kier alpha value is -3.47. The lowest BCUT2D eigenvalue weighted by Gasteiger charge is -2.19. The molecule has 0 saturated heterocycles. The number of hydrogen-bond acceptors (Lipinski definition) is 6. The lowest BCUT2D eigenvalue weighted by Crippen LogP contribution is -2.15. The number of carbonyl (C=O) groups is 1. The van der Waals surface area contributed by atoms with Crippen molar-refractivity contribution in [3.05, 3.63) is 84.4 Å². The van der Waals surface area contributed by atoms with E-state index in [1.54, 1.807) is 0 Å². The zero-order valence-corrected chi connectivity index (χ0v) is 21.8. The maximum atomic E-state index is 12.6. The van der Waals surface area contributed by atoms with E-state index in [1.165, 1.54) is 41.6 Å². The highest BCUT2D eigenvalue weighted by Gasteiger charge is 2.19. The number of nitrogens with two attached hydrogens (primary N) is 1. The van der Waals surface area contributed by atoms with E-state index in [1.807, 2.05) is 47.0 Å². The van der Waals surface area contributed by atoms with Crippen LogP contribution in [0.5, 0.6) is 0 Å². The number of anilines is 1. The monoisotopic (exact) mass is 521 g/mol. The van der Waals surface area contributed by atoms with E-state index in [4.69, 9.17) is 5.14 Å². The van der Waals surface area contributed by atoms with Crippen LogP contribution in [0.3, 0.4) is 0 Å². The van der Waals surface area contributed by atoms with Crippen molar-refractivity contribution in [1.82, 2.24) is 14.8 Å². The van der Waals surface area contributed by atoms with Crippen molar-refractivity contribution in [2.45, 2.75) is 36.2 Å². The number of thioether (sulfide) groups is 1. The largest absolute Gasteiger partial charge is 0.325 e. The van der Waals surface area contributed by atoms with E-state index in [2.05, 4.69) is 48.4 Å². The predicted octanol–water partition coefficient (Wildman–Crippen LogP) is 4.61. The van der Waals surface area contributed by atoms with Crippen LogP contribution >= 0.6 is 11.8 Å². The van der Waals surface area contributed by atoms with Gasteiger partial charge in [-0.05, 0) is 47.4 Å². The number of benzene rings is 3. The van der Waals surface area contributed by atoms with Crippen molar-refractivity contribution >= 4 is 33.4 Å². The van der Waals surface area contributed by atoms with E-state index >= 15 is 0 Å². The third-order valence-corrected chi connectivity index (χ3v) is 7.31. The number of primary sulfonamides is 1. The Morgan fingerprint density at radius 1 is 0.944 bits per heavy atom. The highest BCUT2D eigenvalue weighted by atomic mass is 32.2. The molecule has 4 aromatic rings. The Kier molecular flexibility index (Phi) is 7.30. The van der Waals surface area contributed by atoms with Crippen molar-refractivity contribution in [2.24, 2.45) is 5.14 Å². The molecular weight excluding hydrogens is 494 g/mol. The van der Waals surface area contributed by atoms with Gasteiger partial charge >= 0.3 is 0 Å². The summed E-state index contributed by atoms with van der Waals surface area (Å²) in [5, 5.41) is 17.3. The molecule has 3 aromatic carbocycles. The summed E-state index contributed by atoms with van der Waals surface area (Å²) in [6.07, 6.45) is 0. The van der Waals surface area contributed by atoms with Gasteiger partial charge in [-0.25, -0.2) is 13.6 Å². The Bertz CT molecular complexity index is 1460. The Balaban J connectivity index is 1.55. The van der Waals surface area contributed by atoms with Crippen LogP contribution in [-0.4, -0.2) is 34.8 Å². The molecule has 36 heavy (non-hydrogen) atoms. The molecule has 4 rings (SSSR count). The second kappa shape index (κ2) is 10.3. The van der Waals surface area contributed by atoms with Gasteiger partial charge in [0.1, 0.15) is 0 Å². The van der Waals surface area contributed by atoms with Crippen LogP contribution in [0.1, 0.15) is 26.3 Å². The number of nitrogens with zero attached hydrogens (tertiary/aromatic N) is 3. The molecule has 0 aliphatic heterocycles. The van der Waals surface area contributed by atoms with Gasteiger partial charge in [0.25, 0.3) is 0 Å². The quantitative estimate of drug-likeness (QED) is 0.343. The van der Waals surface area contributed by atoms with Crippen LogP contribution in [0.15, 0.2) is 88.9 Å². The summed E-state index contributed by atoms with van der Waals surface area (Å²) in [7, 11) is -3.79. The summed E-state index contributed by atoms with van der Waals surface area (Å²) in [4.78, 5) is 12.6. The van der Waals surface area contributed by atoms with Gasteiger partial charge < -0.3 is 5.32 Å². The molecule has 10 heteroatoms. The summed E-state index contributed by atoms with van der Waals surface area (Å²) in [5.41, 5.74) is 3.54. The third-order valence-electron chi connectivity index (χ3n) is 5.46. The fourth-order valence-corrected chi connectivity index (χ4v) is 4.80. The summed E-state index contributed by atoms with van der Waals surface area (Å²) in [5.74, 6) is 0.510. The molecule has 8 nitrogen and oxygen atoms in total. The molecule has 1 aromatic heterocycles. The minimum Gasteiger partial charge on any atom is -0.325 e. The number of para-hydroxylation sites is 1. The topological polar surface area (TPSA) is 120 Å². The molecule has 3 N–H and O–H groups in total. The standard InChI is InChI=1S/C26H27N5O3S2/c1-26(2,3)19-11-9-18(10-12-19)24-29-30-25(31(24)21-7-5-4-6-8-21)35-17-23(32)28-20-13-15-22(16-14-20)36(27,33)34/h4-16H,17H2,1-3H3,(H,28,32)(H2,27,33,34). The molecule has 0 spiro atoms. The number of rotatable bonds is 7. The van der Waals surface area contributed by atoms with Gasteiger partial charge in [-0.3, -0.25) is 9.36 Å². The second-order valence-electron chi connectivity index (χ2n) is 9.21. The highest BCUT2D eigenvalue weighted by Crippen LogP contribution is 2.30. The first kappa shape index (κ1) is 25.6. The number of nitrogens with one attached hydrogen (secondary N) is 1. The molecule has 0 aliphatic carbocycles. The molecule has 0 saturated carbocycles. The van der Waals surface area contributed by atoms with Crippen LogP contribution in [-0.2, 0) is 20.2 Å². The average Bonchev–Trinajstić information content (AvgIpc) is 3.26. The van der Waals surface area contributed by atoms with Gasteiger partial charge in [-0.15, -0.1) is 10.2 Å². The van der Waals surface area contributed by atoms with Crippen molar-refractivity contribution < 1.29 is 13.2 Å². The number of amides is 1. The number of carbonyl (C=O) groups excluding carboxylic acids is 1. The number of hydrogen-bond donors (Lipinski definition) is 2.